The minimum Gasteiger partial charge on any atom is -0.376 e. The molecule has 3 heteroatoms. The molecule has 2 atom stereocenters. The van der Waals surface area contributed by atoms with Gasteiger partial charge in [-0.3, -0.25) is 0 Å². The molecule has 182 valence electrons. The predicted molar refractivity (Wildman–Crippen MR) is 152 cm³/mol. The third-order valence-corrected chi connectivity index (χ3v) is 8.14. The highest BCUT2D eigenvalue weighted by Crippen LogP contribution is 2.44. The first-order chi connectivity index (χ1) is 16.1. The Bertz CT molecular complexity index is 1080. The normalized spacial score (nSPS) is 23.2. The van der Waals surface area contributed by atoms with Crippen LogP contribution in [0.2, 0.25) is 0 Å². The Morgan fingerprint density at radius 1 is 0.676 bits per heavy atom. The van der Waals surface area contributed by atoms with Crippen molar-refractivity contribution in [2.75, 3.05) is 22.6 Å². The lowest BCUT2D eigenvalue weighted by atomic mass is 9.84. The molecule has 34 heavy (non-hydrogen) atoms. The minimum absolute atomic E-state index is 0.0228. The van der Waals surface area contributed by atoms with Gasteiger partial charge in [-0.05, 0) is 99.9 Å². The van der Waals surface area contributed by atoms with Crippen molar-refractivity contribution < 1.29 is 0 Å². The van der Waals surface area contributed by atoms with Crippen molar-refractivity contribution in [3.63, 3.8) is 0 Å². The third kappa shape index (κ3) is 4.15. The molecule has 0 aliphatic carbocycles. The fourth-order valence-corrected chi connectivity index (χ4v) is 5.44. The van der Waals surface area contributed by atoms with Gasteiger partial charge in [-0.2, -0.15) is 0 Å². The Morgan fingerprint density at radius 2 is 1.06 bits per heavy atom. The Morgan fingerprint density at radius 3 is 1.38 bits per heavy atom. The summed E-state index contributed by atoms with van der Waals surface area (Å²) in [5.74, 6) is 0. The van der Waals surface area contributed by atoms with E-state index in [-0.39, 0.29) is 11.1 Å². The fraction of sp³-hybridized carbons (Fsp3) is 0.484. The van der Waals surface area contributed by atoms with Gasteiger partial charge in [0.05, 0.1) is 11.1 Å². The number of benzene rings is 2. The van der Waals surface area contributed by atoms with Gasteiger partial charge < -0.3 is 15.5 Å². The second kappa shape index (κ2) is 8.83. The molecule has 4 rings (SSSR count). The molecule has 0 saturated carbocycles. The van der Waals surface area contributed by atoms with E-state index >= 15 is 0 Å². The highest BCUT2D eigenvalue weighted by Gasteiger charge is 2.30. The van der Waals surface area contributed by atoms with Gasteiger partial charge in [0.15, 0.2) is 0 Å². The smallest absolute Gasteiger partial charge is 0.0531 e. The maximum absolute atomic E-state index is 3.83. The molecule has 2 aromatic carbocycles. The van der Waals surface area contributed by atoms with Crippen LogP contribution in [-0.2, 0) is 0 Å². The molecule has 2 aliphatic heterocycles. The average Bonchev–Trinajstić information content (AvgIpc) is 2.83. The van der Waals surface area contributed by atoms with Crippen molar-refractivity contribution in [2.45, 2.75) is 92.2 Å². The lowest BCUT2D eigenvalue weighted by molar-refractivity contribution is 0.607. The number of fused-ring (bicyclic) bond motifs is 2. The number of rotatable bonds is 6. The van der Waals surface area contributed by atoms with Crippen molar-refractivity contribution in [1.82, 2.24) is 0 Å². The maximum atomic E-state index is 3.83. The van der Waals surface area contributed by atoms with Crippen LogP contribution in [0.4, 0.5) is 22.7 Å². The van der Waals surface area contributed by atoms with Crippen molar-refractivity contribution in [3.8, 4) is 0 Å². The number of hydrogen-bond donors (Lipinski definition) is 2. The molecule has 2 aliphatic rings. The molecular weight excluding hydrogens is 414 g/mol. The van der Waals surface area contributed by atoms with Gasteiger partial charge in [0, 0.05) is 40.9 Å². The first-order valence-electron chi connectivity index (χ1n) is 13.1. The fourth-order valence-electron chi connectivity index (χ4n) is 5.44. The SMILES string of the molecule is CCC1=CC(C)(CC)Nc2c(C)cc(N(C)c3cc(C)c4c(c3)C(CC)=CC(C)(CC)N4)cc21. The van der Waals surface area contributed by atoms with Crippen molar-refractivity contribution in [1.29, 1.82) is 0 Å². The van der Waals surface area contributed by atoms with Crippen molar-refractivity contribution in [3.05, 3.63) is 58.7 Å². The first-order valence-corrected chi connectivity index (χ1v) is 13.1. The van der Waals surface area contributed by atoms with Crippen molar-refractivity contribution >= 4 is 33.9 Å². The number of hydrogen-bond acceptors (Lipinski definition) is 3. The van der Waals surface area contributed by atoms with Gasteiger partial charge in [-0.15, -0.1) is 0 Å². The van der Waals surface area contributed by atoms with Gasteiger partial charge in [0.25, 0.3) is 0 Å². The maximum Gasteiger partial charge on any atom is 0.0531 e. The quantitative estimate of drug-likeness (QED) is 0.453. The highest BCUT2D eigenvalue weighted by molar-refractivity contribution is 5.88. The molecule has 0 fully saturated rings. The topological polar surface area (TPSA) is 27.3 Å². The van der Waals surface area contributed by atoms with E-state index in [1.807, 2.05) is 0 Å². The summed E-state index contributed by atoms with van der Waals surface area (Å²) in [6.45, 7) is 18.1. The third-order valence-electron chi connectivity index (χ3n) is 8.14. The largest absolute Gasteiger partial charge is 0.376 e. The Kier molecular flexibility index (Phi) is 6.35. The second-order valence-electron chi connectivity index (χ2n) is 10.8. The van der Waals surface area contributed by atoms with E-state index in [0.29, 0.717) is 0 Å². The zero-order valence-corrected chi connectivity index (χ0v) is 22.7. The van der Waals surface area contributed by atoms with Gasteiger partial charge in [-0.25, -0.2) is 0 Å². The summed E-state index contributed by atoms with van der Waals surface area (Å²) in [4.78, 5) is 2.35. The van der Waals surface area contributed by atoms with E-state index in [1.54, 1.807) is 0 Å². The van der Waals surface area contributed by atoms with Gasteiger partial charge in [-0.1, -0.05) is 39.8 Å². The van der Waals surface area contributed by atoms with Gasteiger partial charge in [0.2, 0.25) is 0 Å². The number of aryl methyl sites for hydroxylation is 2. The molecule has 0 saturated heterocycles. The molecule has 0 bridgehead atoms. The number of nitrogens with zero attached hydrogens (tertiary/aromatic N) is 1. The molecular formula is C31H43N3. The van der Waals surface area contributed by atoms with Crippen LogP contribution in [0.25, 0.3) is 11.1 Å². The molecule has 3 nitrogen and oxygen atoms in total. The van der Waals surface area contributed by atoms with Crippen LogP contribution in [0.15, 0.2) is 36.4 Å². The standard InChI is InChI=1S/C31H43N3/c1-10-22-18-30(7,12-3)32-28-20(5)14-24(16-26(22)28)34(9)25-15-21(6)29-27(17-25)23(11-2)19-31(8,13-4)33-29/h14-19,32-33H,10-13H2,1-9H3. The van der Waals surface area contributed by atoms with Crippen molar-refractivity contribution in [2.24, 2.45) is 0 Å². The van der Waals surface area contributed by atoms with E-state index in [2.05, 4.69) is 114 Å². The molecule has 0 spiro atoms. The van der Waals surface area contributed by atoms with Gasteiger partial charge >= 0.3 is 0 Å². The summed E-state index contributed by atoms with van der Waals surface area (Å²) >= 11 is 0. The highest BCUT2D eigenvalue weighted by atomic mass is 15.1. The van der Waals surface area contributed by atoms with Gasteiger partial charge in [0.1, 0.15) is 0 Å². The van der Waals surface area contributed by atoms with E-state index in [0.717, 1.165) is 25.7 Å². The first kappa shape index (κ1) is 24.4. The summed E-state index contributed by atoms with van der Waals surface area (Å²) in [5, 5.41) is 7.65. The summed E-state index contributed by atoms with van der Waals surface area (Å²) in [6, 6.07) is 9.41. The zero-order valence-electron chi connectivity index (χ0n) is 22.7. The van der Waals surface area contributed by atoms with E-state index < -0.39 is 0 Å². The lowest BCUT2D eigenvalue weighted by Gasteiger charge is -2.37. The molecule has 2 unspecified atom stereocenters. The lowest BCUT2D eigenvalue weighted by Crippen LogP contribution is -2.35. The number of allylic oxidation sites excluding steroid dienone is 2. The Labute approximate surface area is 207 Å². The Balaban J connectivity index is 1.78. The molecule has 2 aromatic rings. The summed E-state index contributed by atoms with van der Waals surface area (Å²) in [5.41, 5.74) is 13.3. The monoisotopic (exact) mass is 457 g/mol. The van der Waals surface area contributed by atoms with E-state index in [9.17, 15) is 0 Å². The van der Waals surface area contributed by atoms with Crippen LogP contribution in [0, 0.1) is 13.8 Å². The molecule has 0 aromatic heterocycles. The molecule has 0 amide bonds. The van der Waals surface area contributed by atoms with Crippen LogP contribution in [0.1, 0.15) is 89.5 Å². The average molecular weight is 458 g/mol. The van der Waals surface area contributed by atoms with E-state index in [1.165, 1.54) is 56.1 Å². The minimum atomic E-state index is 0.0228. The number of anilines is 4. The van der Waals surface area contributed by atoms with Crippen LogP contribution in [0.5, 0.6) is 0 Å². The zero-order chi connectivity index (χ0) is 24.8. The van der Waals surface area contributed by atoms with Crippen LogP contribution in [0.3, 0.4) is 0 Å². The molecule has 0 radical (unpaired) electrons. The summed E-state index contributed by atoms with van der Waals surface area (Å²) < 4.78 is 0. The second-order valence-corrected chi connectivity index (χ2v) is 10.8. The summed E-state index contributed by atoms with van der Waals surface area (Å²) in [6.07, 6.45) is 9.11. The predicted octanol–water partition coefficient (Wildman–Crippen LogP) is 8.85. The number of nitrogens with one attached hydrogen (secondary N) is 2. The Hall–Kier alpha value is -2.68. The molecule has 2 heterocycles. The van der Waals surface area contributed by atoms with Crippen LogP contribution < -0.4 is 15.5 Å². The summed E-state index contributed by atoms with van der Waals surface area (Å²) in [7, 11) is 2.20. The molecule has 2 N–H and O–H groups in total. The van der Waals surface area contributed by atoms with Crippen LogP contribution in [-0.4, -0.2) is 18.1 Å². The van der Waals surface area contributed by atoms with E-state index in [4.69, 9.17) is 0 Å². The van der Waals surface area contributed by atoms with Crippen LogP contribution >= 0.6 is 0 Å².